The van der Waals surface area contributed by atoms with Crippen LogP contribution in [0.2, 0.25) is 0 Å². The van der Waals surface area contributed by atoms with Crippen LogP contribution in [-0.4, -0.2) is 47.0 Å². The smallest absolute Gasteiger partial charge is 0.271 e. The SMILES string of the molecule is O=C(NC(NCCN1CCCC1)c1ccccc1)c1ccncn1. The molecule has 2 N–H and O–H groups in total. The number of carbonyl (C=O) groups excluding carboxylic acids is 1. The number of hydrogen-bond donors (Lipinski definition) is 2. The fourth-order valence-electron chi connectivity index (χ4n) is 2.90. The number of aromatic nitrogens is 2. The van der Waals surface area contributed by atoms with Gasteiger partial charge in [0, 0.05) is 19.3 Å². The first kappa shape index (κ1) is 16.5. The predicted octanol–water partition coefficient (Wildman–Crippen LogP) is 1.59. The highest BCUT2D eigenvalue weighted by atomic mass is 16.2. The molecule has 0 saturated carbocycles. The molecule has 1 fully saturated rings. The van der Waals surface area contributed by atoms with Crippen LogP contribution < -0.4 is 10.6 Å². The number of amides is 1. The number of hydrogen-bond acceptors (Lipinski definition) is 5. The van der Waals surface area contributed by atoms with E-state index < -0.39 is 0 Å². The van der Waals surface area contributed by atoms with Crippen LogP contribution in [0.15, 0.2) is 48.9 Å². The van der Waals surface area contributed by atoms with Crippen molar-refractivity contribution in [2.45, 2.75) is 19.0 Å². The quantitative estimate of drug-likeness (QED) is 0.757. The van der Waals surface area contributed by atoms with Gasteiger partial charge in [-0.3, -0.25) is 10.1 Å². The summed E-state index contributed by atoms with van der Waals surface area (Å²) in [6.45, 7) is 4.16. The van der Waals surface area contributed by atoms with E-state index >= 15 is 0 Å². The van der Waals surface area contributed by atoms with Crippen molar-refractivity contribution in [1.82, 2.24) is 25.5 Å². The van der Waals surface area contributed by atoms with Crippen molar-refractivity contribution in [2.75, 3.05) is 26.2 Å². The summed E-state index contributed by atoms with van der Waals surface area (Å²) in [6.07, 6.45) is 5.28. The molecule has 1 saturated heterocycles. The van der Waals surface area contributed by atoms with E-state index in [2.05, 4.69) is 25.5 Å². The van der Waals surface area contributed by atoms with E-state index in [0.717, 1.165) is 18.7 Å². The minimum absolute atomic E-state index is 0.208. The van der Waals surface area contributed by atoms with Crippen LogP contribution >= 0.6 is 0 Å². The first-order valence-electron chi connectivity index (χ1n) is 8.40. The van der Waals surface area contributed by atoms with Crippen molar-refractivity contribution in [3.8, 4) is 0 Å². The Bertz CT molecular complexity index is 628. The molecule has 6 nitrogen and oxygen atoms in total. The Morgan fingerprint density at radius 2 is 1.96 bits per heavy atom. The third-order valence-corrected chi connectivity index (χ3v) is 4.20. The third kappa shape index (κ3) is 4.59. The number of benzene rings is 1. The minimum Gasteiger partial charge on any atom is -0.331 e. The Kier molecular flexibility index (Phi) is 5.87. The topological polar surface area (TPSA) is 70.2 Å². The van der Waals surface area contributed by atoms with E-state index in [1.807, 2.05) is 30.3 Å². The molecule has 0 spiro atoms. The van der Waals surface area contributed by atoms with Crippen LogP contribution in [0.25, 0.3) is 0 Å². The molecule has 3 rings (SSSR count). The molecule has 1 aromatic heterocycles. The van der Waals surface area contributed by atoms with Gasteiger partial charge in [-0.05, 0) is 37.6 Å². The van der Waals surface area contributed by atoms with Crippen molar-refractivity contribution >= 4 is 5.91 Å². The van der Waals surface area contributed by atoms with E-state index in [1.54, 1.807) is 12.3 Å². The number of carbonyl (C=O) groups is 1. The predicted molar refractivity (Wildman–Crippen MR) is 92.4 cm³/mol. The Hall–Kier alpha value is -2.31. The number of nitrogens with one attached hydrogen (secondary N) is 2. The lowest BCUT2D eigenvalue weighted by Gasteiger charge is -2.22. The molecule has 1 atom stereocenters. The zero-order valence-electron chi connectivity index (χ0n) is 13.7. The normalized spacial score (nSPS) is 16.0. The highest BCUT2D eigenvalue weighted by Crippen LogP contribution is 2.11. The van der Waals surface area contributed by atoms with Gasteiger partial charge in [0.2, 0.25) is 0 Å². The first-order valence-corrected chi connectivity index (χ1v) is 8.40. The van der Waals surface area contributed by atoms with Crippen molar-refractivity contribution in [1.29, 1.82) is 0 Å². The average Bonchev–Trinajstić information content (AvgIpc) is 3.16. The molecule has 1 aliphatic rings. The summed E-state index contributed by atoms with van der Waals surface area (Å²) in [5, 5.41) is 6.46. The van der Waals surface area contributed by atoms with Crippen molar-refractivity contribution in [3.05, 3.63) is 60.2 Å². The summed E-state index contributed by atoms with van der Waals surface area (Å²) < 4.78 is 0. The summed E-state index contributed by atoms with van der Waals surface area (Å²) >= 11 is 0. The summed E-state index contributed by atoms with van der Waals surface area (Å²) in [5.74, 6) is -0.208. The molecular formula is C18H23N5O. The lowest BCUT2D eigenvalue weighted by molar-refractivity contribution is 0.0923. The molecule has 0 radical (unpaired) electrons. The minimum atomic E-state index is -0.240. The zero-order chi connectivity index (χ0) is 16.6. The lowest BCUT2D eigenvalue weighted by Crippen LogP contribution is -2.41. The van der Waals surface area contributed by atoms with Gasteiger partial charge < -0.3 is 10.2 Å². The molecule has 2 aromatic rings. The van der Waals surface area contributed by atoms with Crippen LogP contribution in [-0.2, 0) is 0 Å². The molecule has 0 aliphatic carbocycles. The largest absolute Gasteiger partial charge is 0.331 e. The second-order valence-electron chi connectivity index (χ2n) is 5.91. The highest BCUT2D eigenvalue weighted by molar-refractivity contribution is 5.92. The zero-order valence-corrected chi connectivity index (χ0v) is 13.7. The van der Waals surface area contributed by atoms with Gasteiger partial charge in [-0.15, -0.1) is 0 Å². The Morgan fingerprint density at radius 3 is 2.67 bits per heavy atom. The highest BCUT2D eigenvalue weighted by Gasteiger charge is 2.17. The van der Waals surface area contributed by atoms with Gasteiger partial charge >= 0.3 is 0 Å². The van der Waals surface area contributed by atoms with E-state index in [4.69, 9.17) is 0 Å². The summed E-state index contributed by atoms with van der Waals surface area (Å²) in [4.78, 5) is 22.7. The number of nitrogens with zero attached hydrogens (tertiary/aromatic N) is 3. The second-order valence-corrected chi connectivity index (χ2v) is 5.91. The molecule has 0 bridgehead atoms. The Balaban J connectivity index is 1.62. The van der Waals surface area contributed by atoms with Crippen molar-refractivity contribution < 1.29 is 4.79 Å². The van der Waals surface area contributed by atoms with Crippen LogP contribution in [0, 0.1) is 0 Å². The second kappa shape index (κ2) is 8.52. The van der Waals surface area contributed by atoms with Gasteiger partial charge in [0.1, 0.15) is 18.2 Å². The van der Waals surface area contributed by atoms with Gasteiger partial charge in [0.05, 0.1) is 0 Å². The fraction of sp³-hybridized carbons (Fsp3) is 0.389. The summed E-state index contributed by atoms with van der Waals surface area (Å²) in [7, 11) is 0. The number of rotatable bonds is 7. The molecule has 2 heterocycles. The molecule has 6 heteroatoms. The van der Waals surface area contributed by atoms with Gasteiger partial charge in [-0.2, -0.15) is 0 Å². The maximum absolute atomic E-state index is 12.4. The van der Waals surface area contributed by atoms with Gasteiger partial charge in [0.25, 0.3) is 5.91 Å². The van der Waals surface area contributed by atoms with E-state index in [1.165, 1.54) is 32.3 Å². The van der Waals surface area contributed by atoms with E-state index in [9.17, 15) is 4.79 Å². The molecule has 126 valence electrons. The molecular weight excluding hydrogens is 302 g/mol. The summed E-state index contributed by atoms with van der Waals surface area (Å²) in [5.41, 5.74) is 1.40. The van der Waals surface area contributed by atoms with E-state index in [-0.39, 0.29) is 12.1 Å². The van der Waals surface area contributed by atoms with Crippen LogP contribution in [0.3, 0.4) is 0 Å². The molecule has 1 amide bonds. The first-order chi connectivity index (χ1) is 11.8. The van der Waals surface area contributed by atoms with Crippen LogP contribution in [0.4, 0.5) is 0 Å². The van der Waals surface area contributed by atoms with Gasteiger partial charge in [-0.25, -0.2) is 9.97 Å². The maximum atomic E-state index is 12.4. The van der Waals surface area contributed by atoms with Crippen LogP contribution in [0.5, 0.6) is 0 Å². The Labute approximate surface area is 142 Å². The standard InChI is InChI=1S/C18H23N5O/c24-18(16-8-9-19-14-21-16)22-17(15-6-2-1-3-7-15)20-10-13-23-11-4-5-12-23/h1-3,6-9,14,17,20H,4-5,10-13H2,(H,22,24). The fourth-order valence-corrected chi connectivity index (χ4v) is 2.90. The maximum Gasteiger partial charge on any atom is 0.271 e. The van der Waals surface area contributed by atoms with Gasteiger partial charge in [-0.1, -0.05) is 30.3 Å². The monoisotopic (exact) mass is 325 g/mol. The molecule has 1 aromatic carbocycles. The number of likely N-dealkylation sites (tertiary alicyclic amines) is 1. The summed E-state index contributed by atoms with van der Waals surface area (Å²) in [6, 6.07) is 11.5. The third-order valence-electron chi connectivity index (χ3n) is 4.20. The Morgan fingerprint density at radius 1 is 1.17 bits per heavy atom. The van der Waals surface area contributed by atoms with E-state index in [0.29, 0.717) is 5.69 Å². The van der Waals surface area contributed by atoms with Crippen molar-refractivity contribution in [2.24, 2.45) is 0 Å². The van der Waals surface area contributed by atoms with Gasteiger partial charge in [0.15, 0.2) is 0 Å². The molecule has 24 heavy (non-hydrogen) atoms. The average molecular weight is 325 g/mol. The van der Waals surface area contributed by atoms with Crippen molar-refractivity contribution in [3.63, 3.8) is 0 Å². The van der Waals surface area contributed by atoms with Crippen LogP contribution in [0.1, 0.15) is 35.1 Å². The molecule has 1 unspecified atom stereocenters. The molecule has 1 aliphatic heterocycles. The lowest BCUT2D eigenvalue weighted by atomic mass is 10.1.